The molecule has 9 nitrogen and oxygen atoms in total. The number of carboxylic acid groups (broad SMARTS) is 1. The third-order valence-electron chi connectivity index (χ3n) is 9.23. The third-order valence-corrected chi connectivity index (χ3v) is 9.23. The van der Waals surface area contributed by atoms with Crippen LogP contribution >= 0.6 is 0 Å². The lowest BCUT2D eigenvalue weighted by Gasteiger charge is -2.15. The molecule has 0 radical (unpaired) electrons. The van der Waals surface area contributed by atoms with Crippen LogP contribution in [-0.2, 0) is 23.9 Å². The maximum Gasteiger partial charge on any atom is 0.328 e. The second kappa shape index (κ2) is 36.4. The van der Waals surface area contributed by atoms with Gasteiger partial charge in [0.1, 0.15) is 12.1 Å². The maximum atomic E-state index is 12.5. The Kier molecular flexibility index (Phi) is 34.6. The largest absolute Gasteiger partial charge is 0.480 e. The summed E-state index contributed by atoms with van der Waals surface area (Å²) >= 11 is 0. The molecular weight excluding hydrogens is 632 g/mol. The Morgan fingerprint density at radius 3 is 1.52 bits per heavy atom. The van der Waals surface area contributed by atoms with Crippen LogP contribution in [0.2, 0.25) is 0 Å². The van der Waals surface area contributed by atoms with E-state index in [9.17, 15) is 19.2 Å². The summed E-state index contributed by atoms with van der Waals surface area (Å²) < 4.78 is 5.81. The molecule has 2 amide bonds. The minimum absolute atomic E-state index is 0.118. The Labute approximate surface area is 305 Å². The maximum absolute atomic E-state index is 12.5. The van der Waals surface area contributed by atoms with E-state index < -0.39 is 24.5 Å². The fourth-order valence-electron chi connectivity index (χ4n) is 6.04. The van der Waals surface area contributed by atoms with Crippen molar-refractivity contribution in [1.29, 1.82) is 0 Å². The van der Waals surface area contributed by atoms with Crippen LogP contribution in [0, 0.1) is 0 Å². The highest BCUT2D eigenvalue weighted by atomic mass is 16.5. The lowest BCUT2D eigenvalue weighted by molar-refractivity contribution is -0.147. The lowest BCUT2D eigenvalue weighted by Crippen LogP contribution is -2.47. The zero-order valence-corrected chi connectivity index (χ0v) is 32.2. The number of hydrogen-bond donors (Lipinski definition) is 4. The van der Waals surface area contributed by atoms with E-state index in [1.54, 1.807) is 0 Å². The highest BCUT2D eigenvalue weighted by Gasteiger charge is 2.18. The third kappa shape index (κ3) is 32.8. The van der Waals surface area contributed by atoms with Crippen molar-refractivity contribution in [3.63, 3.8) is 0 Å². The van der Waals surface area contributed by atoms with Crippen molar-refractivity contribution in [3.05, 3.63) is 12.2 Å². The van der Waals surface area contributed by atoms with E-state index in [1.807, 2.05) is 6.08 Å². The quantitative estimate of drug-likeness (QED) is 0.0286. The van der Waals surface area contributed by atoms with Crippen LogP contribution in [0.4, 0.5) is 0 Å². The van der Waals surface area contributed by atoms with Gasteiger partial charge in [-0.2, -0.15) is 0 Å². The van der Waals surface area contributed by atoms with Gasteiger partial charge in [-0.3, -0.25) is 14.4 Å². The van der Waals surface area contributed by atoms with E-state index in [-0.39, 0.29) is 30.9 Å². The van der Waals surface area contributed by atoms with Gasteiger partial charge >= 0.3 is 11.9 Å². The molecule has 0 aromatic rings. The zero-order valence-electron chi connectivity index (χ0n) is 32.2. The predicted molar refractivity (Wildman–Crippen MR) is 204 cm³/mol. The molecule has 4 N–H and O–H groups in total. The molecule has 9 heteroatoms. The summed E-state index contributed by atoms with van der Waals surface area (Å²) in [7, 11) is 0. The van der Waals surface area contributed by atoms with E-state index >= 15 is 0 Å². The SMILES string of the molecule is CCC/C=C\C(CCCCCCC(=O)NCC(=O)NC(CO)C(=O)O)OC(=O)CCCCCCCCCCCCCCCCCCCCCC. The molecule has 0 spiro atoms. The first-order chi connectivity index (χ1) is 24.3. The molecule has 0 saturated carbocycles. The molecule has 0 aromatic carbocycles. The number of allylic oxidation sites excluding steroid dienone is 1. The number of rotatable bonds is 37. The first-order valence-corrected chi connectivity index (χ1v) is 20.6. The number of ether oxygens (including phenoxy) is 1. The standard InChI is InChI=1S/C41H76N2O7/c1-3-5-7-8-9-10-11-12-13-14-15-16-17-18-19-20-21-22-23-29-33-40(47)50-36(30-26-6-4-2)31-27-24-25-28-32-38(45)42-34-39(46)43-37(35-44)41(48)49/h26,30,36-37,44H,3-25,27-29,31-35H2,1-2H3,(H,42,45)(H,43,46)(H,48,49)/b30-26-. The molecule has 292 valence electrons. The number of unbranched alkanes of at least 4 members (excludes halogenated alkanes) is 23. The molecule has 0 aromatic heterocycles. The number of aliphatic hydroxyl groups is 1. The Hall–Kier alpha value is -2.42. The van der Waals surface area contributed by atoms with Gasteiger partial charge in [0, 0.05) is 12.8 Å². The van der Waals surface area contributed by atoms with Gasteiger partial charge in [0.2, 0.25) is 11.8 Å². The van der Waals surface area contributed by atoms with Crippen LogP contribution in [0.3, 0.4) is 0 Å². The average Bonchev–Trinajstić information content (AvgIpc) is 3.10. The molecule has 0 rings (SSSR count). The monoisotopic (exact) mass is 709 g/mol. The number of carboxylic acids is 1. The Morgan fingerprint density at radius 2 is 1.06 bits per heavy atom. The normalized spacial score (nSPS) is 12.5. The smallest absolute Gasteiger partial charge is 0.328 e. The molecule has 0 heterocycles. The number of amides is 2. The first-order valence-electron chi connectivity index (χ1n) is 20.6. The van der Waals surface area contributed by atoms with Gasteiger partial charge in [-0.15, -0.1) is 0 Å². The van der Waals surface area contributed by atoms with Gasteiger partial charge in [0.05, 0.1) is 13.2 Å². The summed E-state index contributed by atoms with van der Waals surface area (Å²) in [6.07, 6.45) is 37.4. The number of hydrogen-bond acceptors (Lipinski definition) is 6. The number of nitrogens with one attached hydrogen (secondary N) is 2. The molecule has 0 aliphatic rings. The topological polar surface area (TPSA) is 142 Å². The van der Waals surface area contributed by atoms with E-state index in [4.69, 9.17) is 14.9 Å². The Bertz CT molecular complexity index is 864. The van der Waals surface area contributed by atoms with Gasteiger partial charge in [0.15, 0.2) is 0 Å². The van der Waals surface area contributed by atoms with E-state index in [1.165, 1.54) is 116 Å². The lowest BCUT2D eigenvalue weighted by atomic mass is 10.0. The van der Waals surface area contributed by atoms with Crippen molar-refractivity contribution in [2.45, 2.75) is 212 Å². The average molecular weight is 709 g/mol. The number of esters is 1. The van der Waals surface area contributed by atoms with E-state index in [0.717, 1.165) is 51.4 Å². The zero-order chi connectivity index (χ0) is 36.9. The Morgan fingerprint density at radius 1 is 0.600 bits per heavy atom. The van der Waals surface area contributed by atoms with Crippen molar-refractivity contribution in [3.8, 4) is 0 Å². The summed E-state index contributed by atoms with van der Waals surface area (Å²) in [5, 5.41) is 22.4. The van der Waals surface area contributed by atoms with E-state index in [0.29, 0.717) is 12.8 Å². The minimum atomic E-state index is -1.39. The van der Waals surface area contributed by atoms with Crippen LogP contribution in [0.25, 0.3) is 0 Å². The number of aliphatic carboxylic acids is 1. The van der Waals surface area contributed by atoms with Crippen LogP contribution in [0.1, 0.15) is 200 Å². The molecule has 0 fully saturated rings. The molecule has 2 atom stereocenters. The van der Waals surface area contributed by atoms with Gasteiger partial charge in [-0.1, -0.05) is 161 Å². The van der Waals surface area contributed by atoms with Gasteiger partial charge in [-0.05, 0) is 38.2 Å². The summed E-state index contributed by atoms with van der Waals surface area (Å²) in [4.78, 5) is 47.1. The Balaban J connectivity index is 3.83. The summed E-state index contributed by atoms with van der Waals surface area (Å²) in [5.74, 6) is -2.40. The predicted octanol–water partition coefficient (Wildman–Crippen LogP) is 9.48. The number of carbonyl (C=O) groups excluding carboxylic acids is 3. The fourth-order valence-corrected chi connectivity index (χ4v) is 6.04. The van der Waals surface area contributed by atoms with Crippen molar-refractivity contribution < 1.29 is 34.1 Å². The van der Waals surface area contributed by atoms with Crippen LogP contribution < -0.4 is 10.6 Å². The van der Waals surface area contributed by atoms with Crippen molar-refractivity contribution in [1.82, 2.24) is 10.6 Å². The molecular formula is C41H76N2O7. The molecule has 0 aliphatic heterocycles. The number of aliphatic hydroxyl groups excluding tert-OH is 1. The molecule has 50 heavy (non-hydrogen) atoms. The summed E-state index contributed by atoms with van der Waals surface area (Å²) in [6.45, 7) is 3.35. The fraction of sp³-hybridized carbons (Fsp3) is 0.854. The molecule has 2 unspecified atom stereocenters. The van der Waals surface area contributed by atoms with Crippen LogP contribution in [-0.4, -0.2) is 59.3 Å². The first kappa shape index (κ1) is 47.6. The second-order valence-electron chi connectivity index (χ2n) is 14.1. The molecule has 0 saturated heterocycles. The van der Waals surface area contributed by atoms with Gasteiger partial charge in [0.25, 0.3) is 0 Å². The summed E-state index contributed by atoms with van der Waals surface area (Å²) in [6, 6.07) is -1.39. The molecule has 0 aliphatic carbocycles. The summed E-state index contributed by atoms with van der Waals surface area (Å²) in [5.41, 5.74) is 0. The van der Waals surface area contributed by atoms with Crippen LogP contribution in [0.15, 0.2) is 12.2 Å². The van der Waals surface area contributed by atoms with Crippen molar-refractivity contribution in [2.24, 2.45) is 0 Å². The highest BCUT2D eigenvalue weighted by molar-refractivity contribution is 5.87. The van der Waals surface area contributed by atoms with Crippen LogP contribution in [0.5, 0.6) is 0 Å². The minimum Gasteiger partial charge on any atom is -0.480 e. The van der Waals surface area contributed by atoms with Crippen molar-refractivity contribution in [2.75, 3.05) is 13.2 Å². The van der Waals surface area contributed by atoms with Gasteiger partial charge < -0.3 is 25.6 Å². The highest BCUT2D eigenvalue weighted by Crippen LogP contribution is 2.16. The number of carbonyl (C=O) groups is 4. The second-order valence-corrected chi connectivity index (χ2v) is 14.1. The van der Waals surface area contributed by atoms with Gasteiger partial charge in [-0.25, -0.2) is 4.79 Å². The van der Waals surface area contributed by atoms with Crippen molar-refractivity contribution >= 4 is 23.8 Å². The molecule has 0 bridgehead atoms. The van der Waals surface area contributed by atoms with E-state index in [2.05, 4.69) is 30.6 Å².